The average Bonchev–Trinajstić information content (AvgIpc) is 2.78. The van der Waals surface area contributed by atoms with E-state index in [0.29, 0.717) is 5.69 Å². The molecule has 1 aliphatic rings. The van der Waals surface area contributed by atoms with Crippen LogP contribution >= 0.6 is 0 Å². The summed E-state index contributed by atoms with van der Waals surface area (Å²) in [6, 6.07) is 9.86. The summed E-state index contributed by atoms with van der Waals surface area (Å²) in [5, 5.41) is 24.5. The largest absolute Gasteiger partial charge is 0.391 e. The minimum absolute atomic E-state index is 0.00532. The smallest absolute Gasteiger partial charge is 0.170 e. The van der Waals surface area contributed by atoms with Crippen molar-refractivity contribution in [2.45, 2.75) is 37.8 Å². The van der Waals surface area contributed by atoms with Crippen molar-refractivity contribution in [1.82, 2.24) is 9.78 Å². The topological polar surface area (TPSA) is 61.8 Å². The van der Waals surface area contributed by atoms with Crippen LogP contribution in [0.1, 0.15) is 37.4 Å². The number of aliphatic hydroxyl groups excluding tert-OH is 1. The van der Waals surface area contributed by atoms with Gasteiger partial charge in [-0.1, -0.05) is 25.0 Å². The molecule has 4 nitrogen and oxygen atoms in total. The zero-order valence-corrected chi connectivity index (χ0v) is 10.1. The zero-order chi connectivity index (χ0) is 12.5. The summed E-state index contributed by atoms with van der Waals surface area (Å²) in [4.78, 5) is 0. The molecule has 1 N–H and O–H groups in total. The Morgan fingerprint density at radius 3 is 2.83 bits per heavy atom. The third-order valence-electron chi connectivity index (χ3n) is 3.73. The molecule has 1 aliphatic carbocycles. The van der Waals surface area contributed by atoms with Crippen molar-refractivity contribution in [3.63, 3.8) is 0 Å². The Kier molecular flexibility index (Phi) is 2.77. The van der Waals surface area contributed by atoms with E-state index in [-0.39, 0.29) is 12.1 Å². The molecule has 18 heavy (non-hydrogen) atoms. The van der Waals surface area contributed by atoms with Crippen LogP contribution < -0.4 is 0 Å². The van der Waals surface area contributed by atoms with E-state index < -0.39 is 0 Å². The van der Waals surface area contributed by atoms with Crippen LogP contribution in [-0.4, -0.2) is 21.0 Å². The molecular weight excluding hydrogens is 226 g/mol. The minimum atomic E-state index is -0.353. The molecule has 0 amide bonds. The van der Waals surface area contributed by atoms with Crippen molar-refractivity contribution >= 4 is 10.9 Å². The molecule has 0 unspecified atom stereocenters. The lowest BCUT2D eigenvalue weighted by atomic mass is 9.92. The number of nitrogens with zero attached hydrogens (tertiary/aromatic N) is 3. The predicted molar refractivity (Wildman–Crippen MR) is 68.0 cm³/mol. The maximum Gasteiger partial charge on any atom is 0.170 e. The van der Waals surface area contributed by atoms with E-state index in [1.54, 1.807) is 0 Å². The highest BCUT2D eigenvalue weighted by molar-refractivity contribution is 5.84. The van der Waals surface area contributed by atoms with Gasteiger partial charge in [0, 0.05) is 5.39 Å². The molecule has 0 bridgehead atoms. The first-order valence-electron chi connectivity index (χ1n) is 6.36. The summed E-state index contributed by atoms with van der Waals surface area (Å²) in [5.41, 5.74) is 1.39. The quantitative estimate of drug-likeness (QED) is 0.833. The Morgan fingerprint density at radius 2 is 2.06 bits per heavy atom. The number of aliphatic hydroxyl groups is 1. The zero-order valence-electron chi connectivity index (χ0n) is 10.1. The molecule has 0 radical (unpaired) electrons. The Morgan fingerprint density at radius 1 is 1.28 bits per heavy atom. The second kappa shape index (κ2) is 4.43. The highest BCUT2D eigenvalue weighted by Crippen LogP contribution is 2.31. The molecule has 1 aromatic heterocycles. The lowest BCUT2D eigenvalue weighted by Gasteiger charge is -2.28. The van der Waals surface area contributed by atoms with Crippen molar-refractivity contribution in [2.24, 2.45) is 0 Å². The molecule has 0 spiro atoms. The van der Waals surface area contributed by atoms with Crippen LogP contribution in [0.4, 0.5) is 0 Å². The second-order valence-corrected chi connectivity index (χ2v) is 4.84. The first-order valence-corrected chi connectivity index (χ1v) is 6.36. The van der Waals surface area contributed by atoms with Crippen LogP contribution in [0.2, 0.25) is 0 Å². The van der Waals surface area contributed by atoms with Crippen molar-refractivity contribution in [3.8, 4) is 6.07 Å². The van der Waals surface area contributed by atoms with Gasteiger partial charge in [-0.05, 0) is 25.0 Å². The van der Waals surface area contributed by atoms with E-state index in [2.05, 4.69) is 11.2 Å². The third-order valence-corrected chi connectivity index (χ3v) is 3.73. The molecule has 3 rings (SSSR count). The van der Waals surface area contributed by atoms with Gasteiger partial charge in [0.1, 0.15) is 6.07 Å². The number of fused-ring (bicyclic) bond motifs is 1. The predicted octanol–water partition coefficient (Wildman–Crippen LogP) is 2.38. The number of aromatic nitrogens is 2. The molecule has 92 valence electrons. The van der Waals surface area contributed by atoms with Crippen LogP contribution in [0.5, 0.6) is 0 Å². The van der Waals surface area contributed by atoms with Crippen molar-refractivity contribution < 1.29 is 5.11 Å². The monoisotopic (exact) mass is 241 g/mol. The van der Waals surface area contributed by atoms with Crippen LogP contribution in [0.3, 0.4) is 0 Å². The van der Waals surface area contributed by atoms with Gasteiger partial charge in [0.25, 0.3) is 0 Å². The molecule has 4 heteroatoms. The lowest BCUT2D eigenvalue weighted by Crippen LogP contribution is -2.28. The van der Waals surface area contributed by atoms with Gasteiger partial charge in [-0.15, -0.1) is 0 Å². The van der Waals surface area contributed by atoms with E-state index in [0.717, 1.165) is 36.6 Å². The van der Waals surface area contributed by atoms with Gasteiger partial charge in [0.2, 0.25) is 0 Å². The van der Waals surface area contributed by atoms with Crippen molar-refractivity contribution in [2.75, 3.05) is 0 Å². The SMILES string of the molecule is N#Cc1nn([C@@H]2CCCC[C@@H]2O)c2ccccc12. The molecular formula is C14H15N3O. The fourth-order valence-electron chi connectivity index (χ4n) is 2.80. The minimum Gasteiger partial charge on any atom is -0.391 e. The summed E-state index contributed by atoms with van der Waals surface area (Å²) in [6.45, 7) is 0. The molecule has 0 saturated heterocycles. The Hall–Kier alpha value is -1.86. The van der Waals surface area contributed by atoms with Gasteiger partial charge in [-0.2, -0.15) is 10.4 Å². The summed E-state index contributed by atoms with van der Waals surface area (Å²) in [6.07, 6.45) is 3.58. The fraction of sp³-hybridized carbons (Fsp3) is 0.429. The lowest BCUT2D eigenvalue weighted by molar-refractivity contribution is 0.0716. The number of rotatable bonds is 1. The van der Waals surface area contributed by atoms with E-state index in [1.807, 2.05) is 28.9 Å². The maximum absolute atomic E-state index is 10.1. The number of para-hydroxylation sites is 1. The number of nitriles is 1. The molecule has 2 aromatic rings. The maximum atomic E-state index is 10.1. The van der Waals surface area contributed by atoms with Gasteiger partial charge in [0.15, 0.2) is 5.69 Å². The van der Waals surface area contributed by atoms with Crippen LogP contribution in [-0.2, 0) is 0 Å². The molecule has 1 aromatic carbocycles. The van der Waals surface area contributed by atoms with Gasteiger partial charge in [-0.25, -0.2) is 0 Å². The summed E-state index contributed by atoms with van der Waals surface area (Å²) < 4.78 is 1.84. The highest BCUT2D eigenvalue weighted by atomic mass is 16.3. The summed E-state index contributed by atoms with van der Waals surface area (Å²) in [7, 11) is 0. The molecule has 2 atom stereocenters. The van der Waals surface area contributed by atoms with E-state index in [4.69, 9.17) is 5.26 Å². The standard InChI is InChI=1S/C14H15N3O/c15-9-11-10-5-1-2-6-12(10)17(16-11)13-7-3-4-8-14(13)18/h1-2,5-6,13-14,18H,3-4,7-8H2/t13-,14+/m1/s1. The first-order chi connectivity index (χ1) is 8.81. The Labute approximate surface area is 105 Å². The summed E-state index contributed by atoms with van der Waals surface area (Å²) in [5.74, 6) is 0. The van der Waals surface area contributed by atoms with Crippen LogP contribution in [0, 0.1) is 11.3 Å². The van der Waals surface area contributed by atoms with Gasteiger partial charge >= 0.3 is 0 Å². The van der Waals surface area contributed by atoms with E-state index in [1.165, 1.54) is 0 Å². The molecule has 1 saturated carbocycles. The van der Waals surface area contributed by atoms with Crippen molar-refractivity contribution in [1.29, 1.82) is 5.26 Å². The van der Waals surface area contributed by atoms with Gasteiger partial charge in [-0.3, -0.25) is 4.68 Å². The number of hydrogen-bond acceptors (Lipinski definition) is 3. The number of hydrogen-bond donors (Lipinski definition) is 1. The van der Waals surface area contributed by atoms with E-state index >= 15 is 0 Å². The van der Waals surface area contributed by atoms with Crippen LogP contribution in [0.15, 0.2) is 24.3 Å². The van der Waals surface area contributed by atoms with Gasteiger partial charge in [0.05, 0.1) is 17.7 Å². The Bertz CT molecular complexity index is 611. The first kappa shape index (κ1) is 11.2. The fourth-order valence-corrected chi connectivity index (χ4v) is 2.80. The number of benzene rings is 1. The Balaban J connectivity index is 2.14. The second-order valence-electron chi connectivity index (χ2n) is 4.84. The normalized spacial score (nSPS) is 24.0. The molecule has 1 fully saturated rings. The highest BCUT2D eigenvalue weighted by Gasteiger charge is 2.27. The van der Waals surface area contributed by atoms with Gasteiger partial charge < -0.3 is 5.11 Å². The average molecular weight is 241 g/mol. The van der Waals surface area contributed by atoms with E-state index in [9.17, 15) is 5.11 Å². The van der Waals surface area contributed by atoms with Crippen LogP contribution in [0.25, 0.3) is 10.9 Å². The molecule has 1 heterocycles. The third kappa shape index (κ3) is 1.68. The summed E-state index contributed by atoms with van der Waals surface area (Å²) >= 11 is 0. The van der Waals surface area contributed by atoms with Crippen molar-refractivity contribution in [3.05, 3.63) is 30.0 Å². The molecule has 0 aliphatic heterocycles.